The number of rotatable bonds is 5. The van der Waals surface area contributed by atoms with E-state index in [9.17, 15) is 0 Å². The molecule has 1 aliphatic rings. The van der Waals surface area contributed by atoms with Crippen LogP contribution in [0.2, 0.25) is 0 Å². The minimum absolute atomic E-state index is 0.165. The Morgan fingerprint density at radius 2 is 2.31 bits per heavy atom. The van der Waals surface area contributed by atoms with Gasteiger partial charge in [-0.25, -0.2) is 0 Å². The summed E-state index contributed by atoms with van der Waals surface area (Å²) in [5.74, 6) is 0. The molecule has 2 nitrogen and oxygen atoms in total. The quantitative estimate of drug-likeness (QED) is 0.712. The van der Waals surface area contributed by atoms with Crippen molar-refractivity contribution in [2.75, 3.05) is 12.8 Å². The topological polar surface area (TPSA) is 32.3 Å². The van der Waals surface area contributed by atoms with Crippen molar-refractivity contribution < 1.29 is 5.11 Å². The van der Waals surface area contributed by atoms with Crippen LogP contribution in [0.3, 0.4) is 0 Å². The lowest BCUT2D eigenvalue weighted by molar-refractivity contribution is 0.182. The molecule has 0 aromatic carbocycles. The maximum Gasteiger partial charge on any atom is 0.0524 e. The van der Waals surface area contributed by atoms with Gasteiger partial charge in [0, 0.05) is 11.3 Å². The van der Waals surface area contributed by atoms with E-state index in [0.29, 0.717) is 6.04 Å². The molecule has 1 fully saturated rings. The average molecular weight is 203 g/mol. The van der Waals surface area contributed by atoms with E-state index >= 15 is 0 Å². The summed E-state index contributed by atoms with van der Waals surface area (Å²) in [5, 5.41) is 13.4. The predicted octanol–water partition coefficient (Wildman–Crippen LogP) is 1.63. The first-order valence-corrected chi connectivity index (χ1v) is 6.47. The van der Waals surface area contributed by atoms with E-state index in [1.54, 1.807) is 0 Å². The Morgan fingerprint density at radius 3 is 2.92 bits per heavy atom. The maximum atomic E-state index is 9.10. The molecule has 0 heterocycles. The van der Waals surface area contributed by atoms with Crippen molar-refractivity contribution in [3.63, 3.8) is 0 Å². The Balaban J connectivity index is 2.13. The molecule has 13 heavy (non-hydrogen) atoms. The van der Waals surface area contributed by atoms with Gasteiger partial charge < -0.3 is 10.4 Å². The van der Waals surface area contributed by atoms with Crippen LogP contribution < -0.4 is 5.32 Å². The normalized spacial score (nSPS) is 30.7. The summed E-state index contributed by atoms with van der Waals surface area (Å²) in [5.41, 5.74) is 0. The van der Waals surface area contributed by atoms with E-state index < -0.39 is 0 Å². The molecule has 0 aliphatic heterocycles. The van der Waals surface area contributed by atoms with Crippen LogP contribution in [0.1, 0.15) is 32.6 Å². The summed E-state index contributed by atoms with van der Waals surface area (Å²) in [7, 11) is 0. The number of hydrogen-bond donors (Lipinski definition) is 2. The van der Waals surface area contributed by atoms with Crippen molar-refractivity contribution in [2.45, 2.75) is 50.0 Å². The highest BCUT2D eigenvalue weighted by atomic mass is 32.2. The molecule has 1 rings (SSSR count). The first kappa shape index (κ1) is 11.3. The minimum Gasteiger partial charge on any atom is -0.393 e. The summed E-state index contributed by atoms with van der Waals surface area (Å²) in [6, 6.07) is 0.689. The highest BCUT2D eigenvalue weighted by molar-refractivity contribution is 7.99. The molecule has 0 saturated heterocycles. The number of aliphatic hydroxyl groups excluding tert-OH is 1. The Kier molecular flexibility index (Phi) is 5.14. The molecule has 1 saturated carbocycles. The van der Waals surface area contributed by atoms with E-state index in [0.717, 1.165) is 18.2 Å². The molecule has 78 valence electrons. The van der Waals surface area contributed by atoms with Gasteiger partial charge in [0.15, 0.2) is 0 Å². The fourth-order valence-corrected chi connectivity index (χ4v) is 2.88. The van der Waals surface area contributed by atoms with Gasteiger partial charge in [-0.05, 0) is 39.0 Å². The van der Waals surface area contributed by atoms with Crippen LogP contribution in [0, 0.1) is 0 Å². The summed E-state index contributed by atoms with van der Waals surface area (Å²) in [6.07, 6.45) is 6.93. The Hall–Kier alpha value is 0.270. The van der Waals surface area contributed by atoms with Gasteiger partial charge in [0.2, 0.25) is 0 Å². The smallest absolute Gasteiger partial charge is 0.0524 e. The summed E-state index contributed by atoms with van der Waals surface area (Å²) < 4.78 is 0. The molecule has 1 aliphatic carbocycles. The lowest BCUT2D eigenvalue weighted by Gasteiger charge is -2.19. The molecule has 0 amide bonds. The molecule has 0 radical (unpaired) electrons. The molecule has 3 heteroatoms. The van der Waals surface area contributed by atoms with Crippen LogP contribution in [0.4, 0.5) is 0 Å². The Bertz CT molecular complexity index is 141. The van der Waals surface area contributed by atoms with Gasteiger partial charge in [0.1, 0.15) is 0 Å². The third-order valence-corrected chi connectivity index (χ3v) is 3.89. The number of hydrogen-bond acceptors (Lipinski definition) is 3. The van der Waals surface area contributed by atoms with Gasteiger partial charge in [-0.1, -0.05) is 6.42 Å². The van der Waals surface area contributed by atoms with Crippen LogP contribution in [-0.2, 0) is 0 Å². The summed E-state index contributed by atoms with van der Waals surface area (Å²) in [4.78, 5) is 0. The van der Waals surface area contributed by atoms with Crippen molar-refractivity contribution in [1.82, 2.24) is 5.32 Å². The molecular weight excluding hydrogens is 182 g/mol. The molecule has 3 unspecified atom stereocenters. The third-order valence-electron chi connectivity index (χ3n) is 2.72. The largest absolute Gasteiger partial charge is 0.393 e. The molecule has 3 atom stereocenters. The second kappa shape index (κ2) is 5.89. The zero-order chi connectivity index (χ0) is 9.68. The molecule has 0 aromatic heterocycles. The summed E-state index contributed by atoms with van der Waals surface area (Å²) >= 11 is 1.97. The first-order valence-electron chi connectivity index (χ1n) is 5.18. The van der Waals surface area contributed by atoms with E-state index in [1.807, 2.05) is 18.7 Å². The SMILES string of the molecule is CSC1CCCC1NCCC(C)O. The molecular formula is C10H21NOS. The monoisotopic (exact) mass is 203 g/mol. The Labute approximate surface area is 85.5 Å². The number of aliphatic hydroxyl groups is 1. The lowest BCUT2D eigenvalue weighted by atomic mass is 10.2. The van der Waals surface area contributed by atoms with Crippen molar-refractivity contribution in [3.05, 3.63) is 0 Å². The number of nitrogens with one attached hydrogen (secondary N) is 1. The van der Waals surface area contributed by atoms with Gasteiger partial charge in [0.25, 0.3) is 0 Å². The fourth-order valence-electron chi connectivity index (χ4n) is 1.92. The second-order valence-corrected chi connectivity index (χ2v) is 4.98. The standard InChI is InChI=1S/C10H21NOS/c1-8(12)6-7-11-9-4-3-5-10(9)13-2/h8-12H,3-7H2,1-2H3. The molecule has 2 N–H and O–H groups in total. The van der Waals surface area contributed by atoms with Gasteiger partial charge in [-0.15, -0.1) is 0 Å². The van der Waals surface area contributed by atoms with Gasteiger partial charge >= 0.3 is 0 Å². The van der Waals surface area contributed by atoms with E-state index in [1.165, 1.54) is 19.3 Å². The molecule has 0 spiro atoms. The average Bonchev–Trinajstić information content (AvgIpc) is 2.51. The van der Waals surface area contributed by atoms with Gasteiger partial charge in [0.05, 0.1) is 6.10 Å². The first-order chi connectivity index (χ1) is 6.24. The summed E-state index contributed by atoms with van der Waals surface area (Å²) in [6.45, 7) is 2.81. The predicted molar refractivity (Wildman–Crippen MR) is 59.2 cm³/mol. The van der Waals surface area contributed by atoms with E-state index in [2.05, 4.69) is 11.6 Å². The lowest BCUT2D eigenvalue weighted by Crippen LogP contribution is -2.35. The van der Waals surface area contributed by atoms with Crippen LogP contribution in [0.15, 0.2) is 0 Å². The van der Waals surface area contributed by atoms with E-state index in [4.69, 9.17) is 5.11 Å². The van der Waals surface area contributed by atoms with Crippen LogP contribution in [0.5, 0.6) is 0 Å². The second-order valence-electron chi connectivity index (χ2n) is 3.90. The van der Waals surface area contributed by atoms with Gasteiger partial charge in [-0.2, -0.15) is 11.8 Å². The zero-order valence-electron chi connectivity index (χ0n) is 8.62. The third kappa shape index (κ3) is 3.88. The van der Waals surface area contributed by atoms with Crippen molar-refractivity contribution in [2.24, 2.45) is 0 Å². The van der Waals surface area contributed by atoms with Crippen molar-refractivity contribution in [1.29, 1.82) is 0 Å². The highest BCUT2D eigenvalue weighted by Gasteiger charge is 2.25. The number of thioether (sulfide) groups is 1. The zero-order valence-corrected chi connectivity index (χ0v) is 9.44. The van der Waals surface area contributed by atoms with E-state index in [-0.39, 0.29) is 6.10 Å². The van der Waals surface area contributed by atoms with Crippen LogP contribution in [0.25, 0.3) is 0 Å². The Morgan fingerprint density at radius 1 is 1.54 bits per heavy atom. The van der Waals surface area contributed by atoms with Gasteiger partial charge in [-0.3, -0.25) is 0 Å². The van der Waals surface area contributed by atoms with Crippen molar-refractivity contribution >= 4 is 11.8 Å². The molecule has 0 bridgehead atoms. The fraction of sp³-hybridized carbons (Fsp3) is 1.00. The maximum absolute atomic E-state index is 9.10. The van der Waals surface area contributed by atoms with Crippen LogP contribution in [-0.4, -0.2) is 35.3 Å². The minimum atomic E-state index is -0.165. The highest BCUT2D eigenvalue weighted by Crippen LogP contribution is 2.28. The van der Waals surface area contributed by atoms with Crippen molar-refractivity contribution in [3.8, 4) is 0 Å². The van der Waals surface area contributed by atoms with Crippen LogP contribution >= 0.6 is 11.8 Å². The molecule has 0 aromatic rings.